The first-order chi connectivity index (χ1) is 12.5. The van der Waals surface area contributed by atoms with Crippen molar-refractivity contribution >= 4 is 11.7 Å². The van der Waals surface area contributed by atoms with Gasteiger partial charge in [-0.3, -0.25) is 4.79 Å². The third-order valence-corrected chi connectivity index (χ3v) is 5.89. The molecule has 4 rings (SSSR count). The Bertz CT molecular complexity index is 855. The topological polar surface area (TPSA) is 49.3 Å². The van der Waals surface area contributed by atoms with Crippen LogP contribution in [0.25, 0.3) is 0 Å². The van der Waals surface area contributed by atoms with Gasteiger partial charge < -0.3 is 9.80 Å². The lowest BCUT2D eigenvalue weighted by molar-refractivity contribution is -0.130. The highest BCUT2D eigenvalue weighted by Crippen LogP contribution is 2.46. The highest BCUT2D eigenvalue weighted by atomic mass is 19.1. The number of likely N-dealkylation sites (tertiary alicyclic amines) is 1. The van der Waals surface area contributed by atoms with E-state index in [1.165, 1.54) is 6.07 Å². The zero-order chi connectivity index (χ0) is 18.4. The van der Waals surface area contributed by atoms with E-state index >= 15 is 0 Å². The minimum Gasteiger partial charge on any atom is -0.354 e. The maximum Gasteiger partial charge on any atom is 0.219 e. The number of hydrogen-bond donors (Lipinski definition) is 0. The summed E-state index contributed by atoms with van der Waals surface area (Å²) < 4.78 is 13.8. The number of nitrogens with zero attached hydrogens (tertiary/aromatic N) is 4. The van der Waals surface area contributed by atoms with Gasteiger partial charge in [0.25, 0.3) is 0 Å². The van der Waals surface area contributed by atoms with E-state index in [9.17, 15) is 9.18 Å². The summed E-state index contributed by atoms with van der Waals surface area (Å²) >= 11 is 0. The lowest BCUT2D eigenvalue weighted by Gasteiger charge is -2.29. The number of benzene rings is 1. The molecule has 2 aliphatic heterocycles. The van der Waals surface area contributed by atoms with Crippen LogP contribution in [0, 0.1) is 31.5 Å². The van der Waals surface area contributed by atoms with Crippen LogP contribution in [0.2, 0.25) is 0 Å². The summed E-state index contributed by atoms with van der Waals surface area (Å²) in [5.74, 6) is 1.33. The summed E-state index contributed by atoms with van der Waals surface area (Å²) in [5, 5.41) is 8.46. The van der Waals surface area contributed by atoms with Crippen LogP contribution >= 0.6 is 0 Å². The van der Waals surface area contributed by atoms with Crippen molar-refractivity contribution in [1.29, 1.82) is 0 Å². The molecule has 2 aromatic rings. The maximum absolute atomic E-state index is 13.8. The molecule has 0 spiro atoms. The molecule has 26 heavy (non-hydrogen) atoms. The highest BCUT2D eigenvalue weighted by molar-refractivity contribution is 5.74. The maximum atomic E-state index is 13.8. The van der Waals surface area contributed by atoms with E-state index in [1.54, 1.807) is 25.3 Å². The normalized spacial score (nSPS) is 24.8. The molecule has 2 fully saturated rings. The number of fused-ring (bicyclic) bond motifs is 1. The van der Waals surface area contributed by atoms with Crippen molar-refractivity contribution in [2.24, 2.45) is 11.8 Å². The summed E-state index contributed by atoms with van der Waals surface area (Å²) in [7, 11) is 0. The van der Waals surface area contributed by atoms with E-state index in [1.807, 2.05) is 17.9 Å². The minimum atomic E-state index is -0.260. The van der Waals surface area contributed by atoms with E-state index in [0.717, 1.165) is 35.6 Å². The van der Waals surface area contributed by atoms with Crippen LogP contribution in [0.3, 0.4) is 0 Å². The van der Waals surface area contributed by atoms with Gasteiger partial charge >= 0.3 is 0 Å². The van der Waals surface area contributed by atoms with Gasteiger partial charge in [-0.05, 0) is 42.7 Å². The Morgan fingerprint density at radius 2 is 2.04 bits per heavy atom. The fraction of sp³-hybridized carbons (Fsp3) is 0.450. The molecule has 5 nitrogen and oxygen atoms in total. The molecule has 6 heteroatoms. The molecular weight excluding hydrogens is 331 g/mol. The lowest BCUT2D eigenvalue weighted by Crippen LogP contribution is -2.34. The third kappa shape index (κ3) is 2.73. The Labute approximate surface area is 152 Å². The molecule has 1 aromatic heterocycles. The summed E-state index contributed by atoms with van der Waals surface area (Å²) in [6.45, 7) is 8.06. The number of carbonyl (C=O) groups is 1. The molecule has 0 unspecified atom stereocenters. The molecule has 2 saturated heterocycles. The Hall–Kier alpha value is -2.50. The van der Waals surface area contributed by atoms with Crippen molar-refractivity contribution in [3.05, 3.63) is 53.0 Å². The molecule has 2 aliphatic rings. The SMILES string of the molecule is CC(=O)N1C[C@H]2CN(c3nncc(C)c3C)C[C@H]2[C@@H]1c1cccc(F)c1. The summed E-state index contributed by atoms with van der Waals surface area (Å²) in [6.07, 6.45) is 1.78. The fourth-order valence-corrected chi connectivity index (χ4v) is 4.48. The monoisotopic (exact) mass is 354 g/mol. The van der Waals surface area contributed by atoms with Crippen molar-refractivity contribution in [2.75, 3.05) is 24.5 Å². The largest absolute Gasteiger partial charge is 0.354 e. The highest BCUT2D eigenvalue weighted by Gasteiger charge is 2.49. The molecule has 0 bridgehead atoms. The molecule has 0 aliphatic carbocycles. The number of anilines is 1. The van der Waals surface area contributed by atoms with Crippen molar-refractivity contribution in [3.63, 3.8) is 0 Å². The fourth-order valence-electron chi connectivity index (χ4n) is 4.48. The van der Waals surface area contributed by atoms with Crippen LogP contribution in [0.15, 0.2) is 30.5 Å². The van der Waals surface area contributed by atoms with E-state index in [-0.39, 0.29) is 23.7 Å². The van der Waals surface area contributed by atoms with E-state index in [2.05, 4.69) is 22.0 Å². The number of halogens is 1. The number of carbonyl (C=O) groups excluding carboxylic acids is 1. The molecular formula is C20H23FN4O. The predicted octanol–water partition coefficient (Wildman–Crippen LogP) is 2.89. The quantitative estimate of drug-likeness (QED) is 0.832. The van der Waals surface area contributed by atoms with Crippen LogP contribution < -0.4 is 4.90 Å². The molecule has 1 amide bonds. The van der Waals surface area contributed by atoms with Crippen LogP contribution in [0.5, 0.6) is 0 Å². The molecule has 1 aromatic carbocycles. The van der Waals surface area contributed by atoms with E-state index in [4.69, 9.17) is 0 Å². The second-order valence-corrected chi connectivity index (χ2v) is 7.48. The minimum absolute atomic E-state index is 0.0479. The van der Waals surface area contributed by atoms with Crippen molar-refractivity contribution in [3.8, 4) is 0 Å². The van der Waals surface area contributed by atoms with Gasteiger partial charge in [-0.25, -0.2) is 4.39 Å². The number of aryl methyl sites for hydroxylation is 1. The summed E-state index contributed by atoms with van der Waals surface area (Å²) in [6, 6.07) is 6.56. The molecule has 3 atom stereocenters. The smallest absolute Gasteiger partial charge is 0.219 e. The average Bonchev–Trinajstić information content (AvgIpc) is 3.15. The Kier molecular flexibility index (Phi) is 4.13. The van der Waals surface area contributed by atoms with E-state index in [0.29, 0.717) is 12.5 Å². The van der Waals surface area contributed by atoms with Gasteiger partial charge in [0.05, 0.1) is 12.2 Å². The van der Waals surface area contributed by atoms with Crippen LogP contribution in [0.1, 0.15) is 29.7 Å². The second kappa shape index (κ2) is 6.34. The first-order valence-electron chi connectivity index (χ1n) is 9.02. The molecule has 0 radical (unpaired) electrons. The first-order valence-corrected chi connectivity index (χ1v) is 9.02. The van der Waals surface area contributed by atoms with Gasteiger partial charge in [-0.1, -0.05) is 12.1 Å². The number of hydrogen-bond acceptors (Lipinski definition) is 4. The van der Waals surface area contributed by atoms with Gasteiger partial charge in [0.1, 0.15) is 5.82 Å². The van der Waals surface area contributed by atoms with Gasteiger partial charge in [-0.15, -0.1) is 5.10 Å². The van der Waals surface area contributed by atoms with Crippen molar-refractivity contribution < 1.29 is 9.18 Å². The zero-order valence-corrected chi connectivity index (χ0v) is 15.3. The van der Waals surface area contributed by atoms with Crippen LogP contribution in [-0.2, 0) is 4.79 Å². The van der Waals surface area contributed by atoms with Crippen LogP contribution in [0.4, 0.5) is 10.2 Å². The lowest BCUT2D eigenvalue weighted by atomic mass is 9.89. The van der Waals surface area contributed by atoms with Gasteiger partial charge in [0, 0.05) is 38.4 Å². The Balaban J connectivity index is 1.66. The number of amides is 1. The number of aromatic nitrogens is 2. The third-order valence-electron chi connectivity index (χ3n) is 5.89. The molecule has 0 N–H and O–H groups in total. The van der Waals surface area contributed by atoms with E-state index < -0.39 is 0 Å². The van der Waals surface area contributed by atoms with Crippen LogP contribution in [-0.4, -0.2) is 40.6 Å². The average molecular weight is 354 g/mol. The molecule has 0 saturated carbocycles. The second-order valence-electron chi connectivity index (χ2n) is 7.48. The van der Waals surface area contributed by atoms with Crippen molar-refractivity contribution in [2.45, 2.75) is 26.8 Å². The standard InChI is InChI=1S/C20H23FN4O/c1-12-8-22-23-20(13(12)2)24-9-16-10-25(14(3)26)19(18(16)11-24)15-5-4-6-17(21)7-15/h4-8,16,18-19H,9-11H2,1-3H3/t16-,18-,19+/m1/s1. The van der Waals surface area contributed by atoms with Gasteiger partial charge in [-0.2, -0.15) is 5.10 Å². The first kappa shape index (κ1) is 16.9. The summed E-state index contributed by atoms with van der Waals surface area (Å²) in [5.41, 5.74) is 3.14. The van der Waals surface area contributed by atoms with Gasteiger partial charge in [0.15, 0.2) is 5.82 Å². The number of rotatable bonds is 2. The molecule has 3 heterocycles. The predicted molar refractivity (Wildman–Crippen MR) is 97.2 cm³/mol. The zero-order valence-electron chi connectivity index (χ0n) is 15.3. The van der Waals surface area contributed by atoms with Crippen molar-refractivity contribution in [1.82, 2.24) is 15.1 Å². The Morgan fingerprint density at radius 3 is 2.77 bits per heavy atom. The Morgan fingerprint density at radius 1 is 1.23 bits per heavy atom. The van der Waals surface area contributed by atoms with Gasteiger partial charge in [0.2, 0.25) is 5.91 Å². The summed E-state index contributed by atoms with van der Waals surface area (Å²) in [4.78, 5) is 16.4. The molecule has 136 valence electrons.